The fourth-order valence-corrected chi connectivity index (χ4v) is 2.74. The minimum atomic E-state index is -0.505. The molecule has 2 aromatic rings. The van der Waals surface area contributed by atoms with Crippen molar-refractivity contribution in [1.29, 1.82) is 0 Å². The van der Waals surface area contributed by atoms with Gasteiger partial charge >= 0.3 is 0 Å². The van der Waals surface area contributed by atoms with Gasteiger partial charge in [-0.2, -0.15) is 0 Å². The minimum Gasteiger partial charge on any atom is -0.480 e. The first kappa shape index (κ1) is 14.6. The highest BCUT2D eigenvalue weighted by Crippen LogP contribution is 2.37. The molecular weight excluding hydrogens is 278 g/mol. The van der Waals surface area contributed by atoms with Gasteiger partial charge in [-0.15, -0.1) is 0 Å². The van der Waals surface area contributed by atoms with Gasteiger partial charge in [-0.1, -0.05) is 37.3 Å². The van der Waals surface area contributed by atoms with Crippen molar-refractivity contribution in [1.82, 2.24) is 0 Å². The van der Waals surface area contributed by atoms with Crippen LogP contribution in [0.3, 0.4) is 0 Å². The van der Waals surface area contributed by atoms with E-state index in [0.717, 1.165) is 22.6 Å². The maximum absolute atomic E-state index is 12.4. The first-order valence-electron chi connectivity index (χ1n) is 7.45. The molecule has 22 heavy (non-hydrogen) atoms. The van der Waals surface area contributed by atoms with Crippen molar-refractivity contribution >= 4 is 11.6 Å². The zero-order valence-corrected chi connectivity index (χ0v) is 12.5. The number of hydrogen-bond acceptors (Lipinski definition) is 3. The van der Waals surface area contributed by atoms with Crippen molar-refractivity contribution in [3.63, 3.8) is 0 Å². The number of carbonyl (C=O) groups is 1. The van der Waals surface area contributed by atoms with Crippen LogP contribution in [0.2, 0.25) is 0 Å². The molecule has 4 nitrogen and oxygen atoms in total. The maximum atomic E-state index is 12.4. The fraction of sp³-hybridized carbons (Fsp3) is 0.278. The molecule has 0 aromatic heterocycles. The van der Waals surface area contributed by atoms with Crippen LogP contribution in [0.25, 0.3) is 0 Å². The summed E-state index contributed by atoms with van der Waals surface area (Å²) in [5.74, 6) is 0.678. The number of rotatable bonds is 4. The van der Waals surface area contributed by atoms with Crippen molar-refractivity contribution < 1.29 is 14.6 Å². The lowest BCUT2D eigenvalue weighted by Crippen LogP contribution is -2.33. The van der Waals surface area contributed by atoms with Crippen LogP contribution in [-0.4, -0.2) is 23.7 Å². The molecule has 114 valence electrons. The van der Waals surface area contributed by atoms with Crippen molar-refractivity contribution in [2.45, 2.75) is 25.4 Å². The molecule has 0 fully saturated rings. The monoisotopic (exact) mass is 297 g/mol. The molecule has 0 saturated carbocycles. The second kappa shape index (κ2) is 6.20. The summed E-state index contributed by atoms with van der Waals surface area (Å²) in [7, 11) is 0. The molecule has 0 bridgehead atoms. The van der Waals surface area contributed by atoms with E-state index in [4.69, 9.17) is 9.84 Å². The van der Waals surface area contributed by atoms with Crippen LogP contribution in [0, 0.1) is 0 Å². The van der Waals surface area contributed by atoms with E-state index in [1.807, 2.05) is 55.5 Å². The number of aliphatic hydroxyl groups excluding tert-OH is 1. The van der Waals surface area contributed by atoms with E-state index < -0.39 is 6.10 Å². The van der Waals surface area contributed by atoms with E-state index in [9.17, 15) is 4.79 Å². The van der Waals surface area contributed by atoms with E-state index >= 15 is 0 Å². The zero-order valence-electron chi connectivity index (χ0n) is 12.5. The summed E-state index contributed by atoms with van der Waals surface area (Å²) in [6.07, 6.45) is 0.112. The molecule has 2 unspecified atom stereocenters. The molecule has 0 radical (unpaired) electrons. The van der Waals surface area contributed by atoms with Crippen LogP contribution in [0.5, 0.6) is 5.75 Å². The van der Waals surface area contributed by atoms with Gasteiger partial charge in [0.2, 0.25) is 0 Å². The SMILES string of the molecule is CC1c2ccccc2OC1C(=O)Nc1ccc(CCO)cc1. The summed E-state index contributed by atoms with van der Waals surface area (Å²) < 4.78 is 5.77. The number of benzene rings is 2. The average molecular weight is 297 g/mol. The van der Waals surface area contributed by atoms with E-state index in [2.05, 4.69) is 5.32 Å². The molecule has 3 rings (SSSR count). The number of amides is 1. The smallest absolute Gasteiger partial charge is 0.266 e. The third kappa shape index (κ3) is 2.83. The Morgan fingerprint density at radius 3 is 2.59 bits per heavy atom. The number of ether oxygens (including phenoxy) is 1. The third-order valence-electron chi connectivity index (χ3n) is 4.00. The molecule has 0 aliphatic carbocycles. The van der Waals surface area contributed by atoms with Crippen molar-refractivity contribution in [3.8, 4) is 5.75 Å². The Labute approximate surface area is 129 Å². The largest absolute Gasteiger partial charge is 0.480 e. The molecule has 2 N–H and O–H groups in total. The van der Waals surface area contributed by atoms with Crippen LogP contribution >= 0.6 is 0 Å². The van der Waals surface area contributed by atoms with Gasteiger partial charge in [0.05, 0.1) is 0 Å². The summed E-state index contributed by atoms with van der Waals surface area (Å²) in [6, 6.07) is 15.2. The van der Waals surface area contributed by atoms with Gasteiger partial charge in [-0.25, -0.2) is 0 Å². The van der Waals surface area contributed by atoms with Crippen LogP contribution in [0.1, 0.15) is 24.0 Å². The molecule has 1 heterocycles. The number of anilines is 1. The summed E-state index contributed by atoms with van der Waals surface area (Å²) in [5.41, 5.74) is 2.85. The van der Waals surface area contributed by atoms with Gasteiger partial charge in [0.25, 0.3) is 5.91 Å². The minimum absolute atomic E-state index is 0.0323. The Bertz CT molecular complexity index is 666. The second-order valence-electron chi connectivity index (χ2n) is 5.52. The van der Waals surface area contributed by atoms with Gasteiger partial charge in [0.1, 0.15) is 5.75 Å². The van der Waals surface area contributed by atoms with E-state index in [1.165, 1.54) is 0 Å². The lowest BCUT2D eigenvalue weighted by atomic mass is 9.97. The quantitative estimate of drug-likeness (QED) is 0.912. The molecular formula is C18H19NO3. The van der Waals surface area contributed by atoms with Gasteiger partial charge in [-0.3, -0.25) is 4.79 Å². The molecule has 2 aromatic carbocycles. The second-order valence-corrected chi connectivity index (χ2v) is 5.52. The fourth-order valence-electron chi connectivity index (χ4n) is 2.74. The number of nitrogens with one attached hydrogen (secondary N) is 1. The number of hydrogen-bond donors (Lipinski definition) is 2. The van der Waals surface area contributed by atoms with E-state index in [-0.39, 0.29) is 18.4 Å². The van der Waals surface area contributed by atoms with Crippen LogP contribution in [-0.2, 0) is 11.2 Å². The Balaban J connectivity index is 1.68. The predicted molar refractivity (Wildman–Crippen MR) is 85.1 cm³/mol. The number of para-hydroxylation sites is 1. The van der Waals surface area contributed by atoms with E-state index in [1.54, 1.807) is 0 Å². The predicted octanol–water partition coefficient (Wildman–Crippen LogP) is 2.72. The Hall–Kier alpha value is -2.33. The number of aliphatic hydroxyl groups is 1. The highest BCUT2D eigenvalue weighted by Gasteiger charge is 2.36. The van der Waals surface area contributed by atoms with Crippen molar-refractivity contribution in [3.05, 3.63) is 59.7 Å². The molecule has 1 aliphatic heterocycles. The molecule has 2 atom stereocenters. The van der Waals surface area contributed by atoms with Crippen LogP contribution in [0.15, 0.2) is 48.5 Å². The van der Waals surface area contributed by atoms with Gasteiger partial charge in [-0.05, 0) is 30.2 Å². The third-order valence-corrected chi connectivity index (χ3v) is 4.00. The van der Waals surface area contributed by atoms with Crippen molar-refractivity contribution in [2.75, 3.05) is 11.9 Å². The van der Waals surface area contributed by atoms with Crippen molar-refractivity contribution in [2.24, 2.45) is 0 Å². The van der Waals surface area contributed by atoms with Crippen LogP contribution in [0.4, 0.5) is 5.69 Å². The Morgan fingerprint density at radius 2 is 1.91 bits per heavy atom. The first-order chi connectivity index (χ1) is 10.7. The lowest BCUT2D eigenvalue weighted by Gasteiger charge is -2.15. The number of carbonyl (C=O) groups excluding carboxylic acids is 1. The first-order valence-corrected chi connectivity index (χ1v) is 7.45. The van der Waals surface area contributed by atoms with E-state index in [0.29, 0.717) is 6.42 Å². The van der Waals surface area contributed by atoms with Gasteiger partial charge < -0.3 is 15.2 Å². The normalized spacial score (nSPS) is 19.4. The summed E-state index contributed by atoms with van der Waals surface area (Å²) in [5, 5.41) is 11.8. The Kier molecular flexibility index (Phi) is 4.11. The zero-order chi connectivity index (χ0) is 15.5. The molecule has 0 spiro atoms. The summed E-state index contributed by atoms with van der Waals surface area (Å²) >= 11 is 0. The molecule has 1 aliphatic rings. The van der Waals surface area contributed by atoms with Gasteiger partial charge in [0, 0.05) is 23.8 Å². The highest BCUT2D eigenvalue weighted by molar-refractivity contribution is 5.95. The van der Waals surface area contributed by atoms with Gasteiger partial charge in [0.15, 0.2) is 6.10 Å². The topological polar surface area (TPSA) is 58.6 Å². The summed E-state index contributed by atoms with van der Waals surface area (Å²) in [6.45, 7) is 2.12. The Morgan fingerprint density at radius 1 is 1.18 bits per heavy atom. The standard InChI is InChI=1S/C18H19NO3/c1-12-15-4-2-3-5-16(15)22-17(12)18(21)19-14-8-6-13(7-9-14)10-11-20/h2-9,12,17,20H,10-11H2,1H3,(H,19,21). The summed E-state index contributed by atoms with van der Waals surface area (Å²) in [4.78, 5) is 12.4. The molecule has 0 saturated heterocycles. The molecule has 4 heteroatoms. The lowest BCUT2D eigenvalue weighted by molar-refractivity contribution is -0.122. The maximum Gasteiger partial charge on any atom is 0.266 e. The average Bonchev–Trinajstić information content (AvgIpc) is 2.87. The number of fused-ring (bicyclic) bond motifs is 1. The molecule has 1 amide bonds. The van der Waals surface area contributed by atoms with Crippen LogP contribution < -0.4 is 10.1 Å². The highest BCUT2D eigenvalue weighted by atomic mass is 16.5.